The van der Waals surface area contributed by atoms with Gasteiger partial charge in [0.05, 0.1) is 11.1 Å². The topological polar surface area (TPSA) is 61.8 Å². The van der Waals surface area contributed by atoms with Gasteiger partial charge in [-0.05, 0) is 36.8 Å². The Labute approximate surface area is 174 Å². The van der Waals surface area contributed by atoms with Gasteiger partial charge >= 0.3 is 0 Å². The second-order valence-corrected chi connectivity index (χ2v) is 9.30. The summed E-state index contributed by atoms with van der Waals surface area (Å²) in [6.45, 7) is 10.4. The molecule has 1 aromatic heterocycles. The van der Waals surface area contributed by atoms with Crippen LogP contribution < -0.4 is 15.5 Å². The van der Waals surface area contributed by atoms with E-state index in [1.807, 2.05) is 19.2 Å². The lowest BCUT2D eigenvalue weighted by Crippen LogP contribution is -2.49. The highest BCUT2D eigenvalue weighted by Gasteiger charge is 2.35. The van der Waals surface area contributed by atoms with Gasteiger partial charge in [-0.3, -0.25) is 4.99 Å². The van der Waals surface area contributed by atoms with Gasteiger partial charge in [-0.15, -0.1) is 0 Å². The predicted molar refractivity (Wildman–Crippen MR) is 116 cm³/mol. The van der Waals surface area contributed by atoms with Crippen LogP contribution in [0.5, 0.6) is 0 Å². The molecule has 0 saturated carbocycles. The van der Waals surface area contributed by atoms with Gasteiger partial charge in [-0.2, -0.15) is 0 Å². The zero-order chi connectivity index (χ0) is 20.1. The van der Waals surface area contributed by atoms with Crippen molar-refractivity contribution in [3.8, 4) is 0 Å². The van der Waals surface area contributed by atoms with E-state index in [1.54, 1.807) is 6.20 Å². The molecule has 2 saturated heterocycles. The van der Waals surface area contributed by atoms with Crippen LogP contribution in [0.25, 0.3) is 0 Å². The highest BCUT2D eigenvalue weighted by atomic mass is 35.5. The number of aromatic nitrogens is 1. The molecule has 2 aliphatic rings. The van der Waals surface area contributed by atoms with Crippen LogP contribution in [0.3, 0.4) is 0 Å². The van der Waals surface area contributed by atoms with Crippen molar-refractivity contribution >= 4 is 23.4 Å². The maximum absolute atomic E-state index is 6.30. The minimum absolute atomic E-state index is 0.150. The molecule has 0 bridgehead atoms. The van der Waals surface area contributed by atoms with E-state index in [4.69, 9.17) is 16.3 Å². The fourth-order valence-corrected chi connectivity index (χ4v) is 4.55. The van der Waals surface area contributed by atoms with Gasteiger partial charge in [0.2, 0.25) is 0 Å². The van der Waals surface area contributed by atoms with Gasteiger partial charge in [0.1, 0.15) is 5.82 Å². The molecule has 2 fully saturated rings. The first-order valence-corrected chi connectivity index (χ1v) is 10.7. The second-order valence-electron chi connectivity index (χ2n) is 8.90. The van der Waals surface area contributed by atoms with Crippen molar-refractivity contribution in [3.63, 3.8) is 0 Å². The standard InChI is InChI=1S/C21H34ClN5O/c1-21(2,3)18-15(7-6-12-28-18)13-25-20(23-4)26-16-9-11-27(14-16)19-17(22)8-5-10-24-19/h5,8,10,15-16,18H,6-7,9,11-14H2,1-4H3,(H2,23,25,26). The molecule has 7 heteroatoms. The van der Waals surface area contributed by atoms with Crippen molar-refractivity contribution in [2.45, 2.75) is 52.2 Å². The number of aliphatic imine (C=N–C) groups is 1. The van der Waals surface area contributed by atoms with E-state index >= 15 is 0 Å². The average Bonchev–Trinajstić information content (AvgIpc) is 3.13. The molecule has 0 amide bonds. The summed E-state index contributed by atoms with van der Waals surface area (Å²) in [6.07, 6.45) is 5.43. The Bertz CT molecular complexity index is 675. The molecule has 28 heavy (non-hydrogen) atoms. The monoisotopic (exact) mass is 407 g/mol. The number of pyridine rings is 1. The summed E-state index contributed by atoms with van der Waals surface area (Å²) >= 11 is 6.30. The molecule has 6 nitrogen and oxygen atoms in total. The highest BCUT2D eigenvalue weighted by molar-refractivity contribution is 6.32. The number of rotatable bonds is 4. The number of guanidine groups is 1. The quantitative estimate of drug-likeness (QED) is 0.592. The van der Waals surface area contributed by atoms with Crippen LogP contribution in [0.1, 0.15) is 40.0 Å². The van der Waals surface area contributed by atoms with Gasteiger partial charge in [-0.25, -0.2) is 4.98 Å². The van der Waals surface area contributed by atoms with Gasteiger partial charge in [0, 0.05) is 51.4 Å². The molecule has 3 heterocycles. The molecule has 3 atom stereocenters. The van der Waals surface area contributed by atoms with Crippen molar-refractivity contribution in [1.82, 2.24) is 15.6 Å². The SMILES string of the molecule is CN=C(NCC1CCCOC1C(C)(C)C)NC1CCN(c2ncccc2Cl)C1. The number of halogens is 1. The van der Waals surface area contributed by atoms with E-state index in [1.165, 1.54) is 6.42 Å². The van der Waals surface area contributed by atoms with E-state index in [0.717, 1.165) is 50.9 Å². The Morgan fingerprint density at radius 1 is 1.39 bits per heavy atom. The van der Waals surface area contributed by atoms with Gasteiger partial charge < -0.3 is 20.3 Å². The maximum atomic E-state index is 6.30. The number of ether oxygens (including phenoxy) is 1. The minimum atomic E-state index is 0.150. The zero-order valence-corrected chi connectivity index (χ0v) is 18.3. The number of hydrogen-bond acceptors (Lipinski definition) is 4. The largest absolute Gasteiger partial charge is 0.377 e. The second kappa shape index (κ2) is 9.31. The van der Waals surface area contributed by atoms with Crippen molar-refractivity contribution < 1.29 is 4.74 Å². The third-order valence-corrected chi connectivity index (χ3v) is 5.92. The third-order valence-electron chi connectivity index (χ3n) is 5.62. The van der Waals surface area contributed by atoms with E-state index in [-0.39, 0.29) is 11.5 Å². The smallest absolute Gasteiger partial charge is 0.191 e. The Morgan fingerprint density at radius 3 is 2.93 bits per heavy atom. The number of nitrogens with zero attached hydrogens (tertiary/aromatic N) is 3. The van der Waals surface area contributed by atoms with E-state index in [2.05, 4.69) is 46.3 Å². The first-order valence-electron chi connectivity index (χ1n) is 10.3. The minimum Gasteiger partial charge on any atom is -0.377 e. The summed E-state index contributed by atoms with van der Waals surface area (Å²) in [4.78, 5) is 11.1. The van der Waals surface area contributed by atoms with Crippen LogP contribution in [0, 0.1) is 11.3 Å². The van der Waals surface area contributed by atoms with Crippen molar-refractivity contribution in [3.05, 3.63) is 23.4 Å². The Morgan fingerprint density at radius 2 is 2.21 bits per heavy atom. The maximum Gasteiger partial charge on any atom is 0.191 e. The Hall–Kier alpha value is -1.53. The fourth-order valence-electron chi connectivity index (χ4n) is 4.31. The summed E-state index contributed by atoms with van der Waals surface area (Å²) in [5.74, 6) is 2.22. The first kappa shape index (κ1) is 21.2. The molecule has 2 aliphatic heterocycles. The van der Waals surface area contributed by atoms with Crippen LogP contribution in [-0.4, -0.2) is 56.4 Å². The van der Waals surface area contributed by atoms with Gasteiger partial charge in [0.15, 0.2) is 5.96 Å². The first-order chi connectivity index (χ1) is 13.4. The van der Waals surface area contributed by atoms with Crippen LogP contribution in [0.2, 0.25) is 5.02 Å². The van der Waals surface area contributed by atoms with Crippen LogP contribution in [0.4, 0.5) is 5.82 Å². The highest BCUT2D eigenvalue weighted by Crippen LogP contribution is 2.33. The van der Waals surface area contributed by atoms with Crippen molar-refractivity contribution in [2.75, 3.05) is 38.2 Å². The van der Waals surface area contributed by atoms with Crippen molar-refractivity contribution in [1.29, 1.82) is 0 Å². The fraction of sp³-hybridized carbons (Fsp3) is 0.714. The summed E-state index contributed by atoms with van der Waals surface area (Å²) < 4.78 is 6.10. The molecule has 3 rings (SSSR count). The normalized spacial score (nSPS) is 26.4. The molecular weight excluding hydrogens is 374 g/mol. The van der Waals surface area contributed by atoms with E-state index in [0.29, 0.717) is 17.0 Å². The number of nitrogens with one attached hydrogen (secondary N) is 2. The molecule has 0 spiro atoms. The van der Waals surface area contributed by atoms with Crippen LogP contribution in [0.15, 0.2) is 23.3 Å². The van der Waals surface area contributed by atoms with Crippen molar-refractivity contribution in [2.24, 2.45) is 16.3 Å². The molecule has 2 N–H and O–H groups in total. The molecule has 0 radical (unpaired) electrons. The molecular formula is C21H34ClN5O. The third kappa shape index (κ3) is 5.29. The van der Waals surface area contributed by atoms with E-state index in [9.17, 15) is 0 Å². The molecule has 0 aliphatic carbocycles. The Kier molecular flexibility index (Phi) is 7.05. The van der Waals surface area contributed by atoms with Gasteiger partial charge in [-0.1, -0.05) is 32.4 Å². The number of hydrogen-bond donors (Lipinski definition) is 2. The lowest BCUT2D eigenvalue weighted by Gasteiger charge is -2.40. The number of anilines is 1. The molecule has 1 aromatic rings. The predicted octanol–water partition coefficient (Wildman–Crippen LogP) is 3.32. The summed E-state index contributed by atoms with van der Waals surface area (Å²) in [5, 5.41) is 7.80. The lowest BCUT2D eigenvalue weighted by atomic mass is 9.78. The summed E-state index contributed by atoms with van der Waals surface area (Å²) in [6, 6.07) is 4.08. The van der Waals surface area contributed by atoms with Crippen LogP contribution >= 0.6 is 11.6 Å². The average molecular weight is 408 g/mol. The Balaban J connectivity index is 1.52. The molecule has 3 unspecified atom stereocenters. The van der Waals surface area contributed by atoms with Gasteiger partial charge in [0.25, 0.3) is 0 Å². The summed E-state index contributed by atoms with van der Waals surface area (Å²) in [5.41, 5.74) is 0.150. The van der Waals surface area contributed by atoms with Crippen LogP contribution in [-0.2, 0) is 4.74 Å². The summed E-state index contributed by atoms with van der Waals surface area (Å²) in [7, 11) is 1.83. The molecule has 0 aromatic carbocycles. The lowest BCUT2D eigenvalue weighted by molar-refractivity contribution is -0.0835. The molecule has 156 valence electrons. The zero-order valence-electron chi connectivity index (χ0n) is 17.5. The van der Waals surface area contributed by atoms with E-state index < -0.39 is 0 Å².